The SMILES string of the molecule is CCOC(=O)CCNC(=O)C(c1ccc(C)c(C)c1)N(C(=O)C(CS)NC(=O)OC(C)(C)C)C(C)(C)C. The molecule has 0 aliphatic heterocycles. The first-order valence-corrected chi connectivity index (χ1v) is 13.1. The van der Waals surface area contributed by atoms with Crippen molar-refractivity contribution in [2.45, 2.75) is 92.0 Å². The molecule has 37 heavy (non-hydrogen) atoms. The number of rotatable bonds is 10. The first kappa shape index (κ1) is 32.3. The predicted octanol–water partition coefficient (Wildman–Crippen LogP) is 3.86. The molecule has 0 radical (unpaired) electrons. The zero-order chi connectivity index (χ0) is 28.6. The third kappa shape index (κ3) is 10.3. The van der Waals surface area contributed by atoms with Gasteiger partial charge in [-0.2, -0.15) is 12.6 Å². The van der Waals surface area contributed by atoms with Gasteiger partial charge < -0.3 is 25.0 Å². The van der Waals surface area contributed by atoms with Gasteiger partial charge in [0.25, 0.3) is 0 Å². The van der Waals surface area contributed by atoms with Crippen LogP contribution in [0.25, 0.3) is 0 Å². The summed E-state index contributed by atoms with van der Waals surface area (Å²) in [6.07, 6.45) is -0.752. The van der Waals surface area contributed by atoms with Crippen LogP contribution in [0, 0.1) is 13.8 Å². The molecule has 2 N–H and O–H groups in total. The van der Waals surface area contributed by atoms with E-state index in [4.69, 9.17) is 9.47 Å². The van der Waals surface area contributed by atoms with Gasteiger partial charge in [-0.15, -0.1) is 0 Å². The monoisotopic (exact) mass is 537 g/mol. The smallest absolute Gasteiger partial charge is 0.408 e. The highest BCUT2D eigenvalue weighted by atomic mass is 32.1. The number of alkyl carbamates (subject to hydrolysis) is 1. The van der Waals surface area contributed by atoms with Crippen LogP contribution in [-0.2, 0) is 23.9 Å². The van der Waals surface area contributed by atoms with Gasteiger partial charge in [0, 0.05) is 17.8 Å². The van der Waals surface area contributed by atoms with Crippen LogP contribution in [0.4, 0.5) is 4.79 Å². The molecule has 9 nitrogen and oxygen atoms in total. The number of carbonyl (C=O) groups excluding carboxylic acids is 4. The fraction of sp³-hybridized carbons (Fsp3) is 0.630. The lowest BCUT2D eigenvalue weighted by Gasteiger charge is -2.43. The van der Waals surface area contributed by atoms with Crippen molar-refractivity contribution < 1.29 is 28.7 Å². The molecule has 0 saturated heterocycles. The Morgan fingerprint density at radius 2 is 1.65 bits per heavy atom. The van der Waals surface area contributed by atoms with Crippen molar-refractivity contribution in [3.05, 3.63) is 34.9 Å². The summed E-state index contributed by atoms with van der Waals surface area (Å²) in [5.74, 6) is -1.37. The van der Waals surface area contributed by atoms with Crippen LogP contribution < -0.4 is 10.6 Å². The molecule has 2 unspecified atom stereocenters. The first-order valence-electron chi connectivity index (χ1n) is 12.5. The summed E-state index contributed by atoms with van der Waals surface area (Å²) in [5.41, 5.74) is 1.03. The number of hydrogen-bond acceptors (Lipinski definition) is 7. The second-order valence-corrected chi connectivity index (χ2v) is 11.2. The van der Waals surface area contributed by atoms with E-state index in [1.165, 1.54) is 4.90 Å². The lowest BCUT2D eigenvalue weighted by molar-refractivity contribution is -0.148. The van der Waals surface area contributed by atoms with Gasteiger partial charge in [0.2, 0.25) is 11.8 Å². The fourth-order valence-electron chi connectivity index (χ4n) is 3.62. The maximum absolute atomic E-state index is 13.9. The van der Waals surface area contributed by atoms with E-state index in [9.17, 15) is 19.2 Å². The Morgan fingerprint density at radius 3 is 2.14 bits per heavy atom. The highest BCUT2D eigenvalue weighted by molar-refractivity contribution is 7.80. The molecule has 0 aliphatic carbocycles. The predicted molar refractivity (Wildman–Crippen MR) is 147 cm³/mol. The number of esters is 1. The van der Waals surface area contributed by atoms with Crippen molar-refractivity contribution in [2.24, 2.45) is 0 Å². The van der Waals surface area contributed by atoms with Gasteiger partial charge in [-0.05, 0) is 79.0 Å². The van der Waals surface area contributed by atoms with E-state index in [1.54, 1.807) is 33.8 Å². The lowest BCUT2D eigenvalue weighted by Crippen LogP contribution is -2.59. The van der Waals surface area contributed by atoms with Crippen LogP contribution >= 0.6 is 12.6 Å². The Balaban J connectivity index is 3.43. The molecule has 0 aromatic heterocycles. The summed E-state index contributed by atoms with van der Waals surface area (Å²) >= 11 is 4.30. The van der Waals surface area contributed by atoms with Gasteiger partial charge in [-0.3, -0.25) is 14.4 Å². The van der Waals surface area contributed by atoms with E-state index < -0.39 is 47.1 Å². The molecule has 3 amide bonds. The van der Waals surface area contributed by atoms with Gasteiger partial charge in [-0.25, -0.2) is 4.79 Å². The van der Waals surface area contributed by atoms with Crippen LogP contribution in [0.2, 0.25) is 0 Å². The zero-order valence-electron chi connectivity index (χ0n) is 23.6. The third-order valence-corrected chi connectivity index (χ3v) is 5.78. The molecule has 1 aromatic rings. The summed E-state index contributed by atoms with van der Waals surface area (Å²) < 4.78 is 10.3. The maximum atomic E-state index is 13.9. The number of benzene rings is 1. The topological polar surface area (TPSA) is 114 Å². The van der Waals surface area contributed by atoms with Gasteiger partial charge in [0.05, 0.1) is 13.0 Å². The van der Waals surface area contributed by atoms with E-state index >= 15 is 0 Å². The Morgan fingerprint density at radius 1 is 1.03 bits per heavy atom. The number of ether oxygens (including phenoxy) is 2. The minimum absolute atomic E-state index is 0.00214. The molecule has 1 aromatic carbocycles. The lowest BCUT2D eigenvalue weighted by atomic mass is 9.93. The number of nitrogens with zero attached hydrogens (tertiary/aromatic N) is 1. The molecular weight excluding hydrogens is 494 g/mol. The Labute approximate surface area is 226 Å². The summed E-state index contributed by atoms with van der Waals surface area (Å²) in [4.78, 5) is 53.2. The molecule has 0 heterocycles. The van der Waals surface area contributed by atoms with Crippen LogP contribution in [0.15, 0.2) is 18.2 Å². The molecule has 2 atom stereocenters. The second kappa shape index (κ2) is 13.7. The van der Waals surface area contributed by atoms with Gasteiger partial charge in [0.1, 0.15) is 17.7 Å². The summed E-state index contributed by atoms with van der Waals surface area (Å²) in [5, 5.41) is 5.37. The zero-order valence-corrected chi connectivity index (χ0v) is 24.5. The summed E-state index contributed by atoms with van der Waals surface area (Å²) in [7, 11) is 0. The van der Waals surface area contributed by atoms with Gasteiger partial charge in [-0.1, -0.05) is 18.2 Å². The Hall–Kier alpha value is -2.75. The number of amides is 3. The quantitative estimate of drug-likeness (QED) is 0.309. The largest absolute Gasteiger partial charge is 0.466 e. The van der Waals surface area contributed by atoms with Gasteiger partial charge in [0.15, 0.2) is 0 Å². The molecular formula is C27H43N3O6S. The summed E-state index contributed by atoms with van der Waals surface area (Å²) in [6.45, 7) is 16.5. The van der Waals surface area contributed by atoms with Gasteiger partial charge >= 0.3 is 12.1 Å². The minimum atomic E-state index is -1.04. The van der Waals surface area contributed by atoms with Crippen molar-refractivity contribution in [1.29, 1.82) is 0 Å². The highest BCUT2D eigenvalue weighted by Crippen LogP contribution is 2.31. The van der Waals surface area contributed by atoms with Crippen LogP contribution in [0.5, 0.6) is 0 Å². The van der Waals surface area contributed by atoms with Crippen molar-refractivity contribution in [2.75, 3.05) is 18.9 Å². The molecule has 0 bridgehead atoms. The Kier molecular flexibility index (Phi) is 11.9. The molecule has 0 spiro atoms. The molecule has 1 rings (SSSR count). The molecule has 0 saturated carbocycles. The Bertz CT molecular complexity index is 968. The second-order valence-electron chi connectivity index (χ2n) is 10.9. The van der Waals surface area contributed by atoms with Crippen molar-refractivity contribution >= 4 is 36.5 Å². The van der Waals surface area contributed by atoms with E-state index in [1.807, 2.05) is 46.8 Å². The molecule has 0 fully saturated rings. The molecule has 10 heteroatoms. The standard InChI is InChI=1S/C27H43N3O6S/c1-10-35-21(31)13-14-28-23(32)22(19-12-11-17(2)18(3)15-19)30(26(4,5)6)24(33)20(16-37)29-25(34)36-27(7,8)9/h11-12,15,20,22,37H,10,13-14,16H2,1-9H3,(H,28,32)(H,29,34). The normalized spacial score (nSPS) is 13.2. The van der Waals surface area contributed by atoms with Crippen molar-refractivity contribution in [3.8, 4) is 0 Å². The highest BCUT2D eigenvalue weighted by Gasteiger charge is 2.41. The average molecular weight is 538 g/mol. The van der Waals surface area contributed by atoms with Crippen LogP contribution in [-0.4, -0.2) is 64.9 Å². The van der Waals surface area contributed by atoms with E-state index in [0.29, 0.717) is 5.56 Å². The van der Waals surface area contributed by atoms with E-state index in [-0.39, 0.29) is 25.3 Å². The minimum Gasteiger partial charge on any atom is -0.466 e. The van der Waals surface area contributed by atoms with Crippen LogP contribution in [0.3, 0.4) is 0 Å². The first-order chi connectivity index (χ1) is 17.0. The number of carbonyl (C=O) groups is 4. The molecule has 208 valence electrons. The fourth-order valence-corrected chi connectivity index (χ4v) is 3.87. The third-order valence-electron chi connectivity index (χ3n) is 5.42. The van der Waals surface area contributed by atoms with Crippen molar-refractivity contribution in [3.63, 3.8) is 0 Å². The van der Waals surface area contributed by atoms with E-state index in [2.05, 4.69) is 23.3 Å². The summed E-state index contributed by atoms with van der Waals surface area (Å²) in [6, 6.07) is 3.49. The number of nitrogens with one attached hydrogen (secondary N) is 2. The van der Waals surface area contributed by atoms with E-state index in [0.717, 1.165) is 11.1 Å². The number of aryl methyl sites for hydroxylation is 2. The van der Waals surface area contributed by atoms with Crippen LogP contribution in [0.1, 0.15) is 77.6 Å². The maximum Gasteiger partial charge on any atom is 0.408 e. The number of thiol groups is 1. The molecule has 0 aliphatic rings. The number of hydrogen-bond donors (Lipinski definition) is 3. The average Bonchev–Trinajstić information content (AvgIpc) is 2.75. The van der Waals surface area contributed by atoms with Crippen molar-refractivity contribution in [1.82, 2.24) is 15.5 Å².